The van der Waals surface area contributed by atoms with Crippen LogP contribution in [0.4, 0.5) is 5.69 Å². The third-order valence-electron chi connectivity index (χ3n) is 3.89. The van der Waals surface area contributed by atoms with Crippen molar-refractivity contribution in [1.82, 2.24) is 4.90 Å². The Morgan fingerprint density at radius 1 is 1.24 bits per heavy atom. The largest absolute Gasteiger partial charge is 0.382 e. The Morgan fingerprint density at radius 3 is 2.47 bits per heavy atom. The molecule has 0 amide bonds. The second-order valence-corrected chi connectivity index (χ2v) is 5.08. The lowest BCUT2D eigenvalue weighted by atomic mass is 10.0. The van der Waals surface area contributed by atoms with E-state index in [0.29, 0.717) is 6.04 Å². The number of piperidine rings is 1. The van der Waals surface area contributed by atoms with Crippen molar-refractivity contribution in [1.29, 1.82) is 0 Å². The molecule has 2 nitrogen and oxygen atoms in total. The van der Waals surface area contributed by atoms with Crippen LogP contribution in [0.1, 0.15) is 33.1 Å². The first kappa shape index (κ1) is 12.4. The second kappa shape index (κ2) is 6.06. The minimum absolute atomic E-state index is 0.651. The van der Waals surface area contributed by atoms with E-state index < -0.39 is 0 Å². The normalized spacial score (nSPS) is 20.1. The second-order valence-electron chi connectivity index (χ2n) is 5.08. The lowest BCUT2D eigenvalue weighted by molar-refractivity contribution is 0.163. The quantitative estimate of drug-likeness (QED) is 0.856. The molecular formula is C15H24N2. The van der Waals surface area contributed by atoms with Gasteiger partial charge < -0.3 is 10.2 Å². The molecule has 1 aromatic carbocycles. The molecule has 2 rings (SSSR count). The predicted octanol–water partition coefficient (Wildman–Crippen LogP) is 3.36. The van der Waals surface area contributed by atoms with Crippen LogP contribution < -0.4 is 5.32 Å². The molecule has 94 valence electrons. The van der Waals surface area contributed by atoms with Crippen molar-refractivity contribution in [2.45, 2.75) is 45.2 Å². The summed E-state index contributed by atoms with van der Waals surface area (Å²) >= 11 is 0. The van der Waals surface area contributed by atoms with Crippen LogP contribution in [-0.2, 0) is 0 Å². The Morgan fingerprint density at radius 2 is 1.88 bits per heavy atom. The molecule has 1 N–H and O–H groups in total. The molecule has 0 radical (unpaired) electrons. The van der Waals surface area contributed by atoms with Crippen LogP contribution in [0.5, 0.6) is 0 Å². The van der Waals surface area contributed by atoms with Gasteiger partial charge in [-0.2, -0.15) is 0 Å². The van der Waals surface area contributed by atoms with E-state index in [9.17, 15) is 0 Å². The van der Waals surface area contributed by atoms with E-state index in [4.69, 9.17) is 0 Å². The molecule has 17 heavy (non-hydrogen) atoms. The Kier molecular flexibility index (Phi) is 4.43. The van der Waals surface area contributed by atoms with Gasteiger partial charge in [0.25, 0.3) is 0 Å². The van der Waals surface area contributed by atoms with Gasteiger partial charge in [-0.15, -0.1) is 0 Å². The zero-order chi connectivity index (χ0) is 12.1. The molecule has 0 spiro atoms. The van der Waals surface area contributed by atoms with Gasteiger partial charge in [0, 0.05) is 30.9 Å². The maximum atomic E-state index is 3.63. The number of hydrogen-bond donors (Lipinski definition) is 1. The summed E-state index contributed by atoms with van der Waals surface area (Å²) in [6.07, 6.45) is 3.79. The summed E-state index contributed by atoms with van der Waals surface area (Å²) in [5, 5.41) is 3.63. The molecule has 1 aliphatic heterocycles. The van der Waals surface area contributed by atoms with E-state index in [2.05, 4.69) is 54.4 Å². The average Bonchev–Trinajstić information content (AvgIpc) is 2.40. The van der Waals surface area contributed by atoms with Crippen LogP contribution in [0.3, 0.4) is 0 Å². The number of para-hydroxylation sites is 1. The van der Waals surface area contributed by atoms with E-state index in [-0.39, 0.29) is 0 Å². The van der Waals surface area contributed by atoms with Crippen molar-refractivity contribution in [3.8, 4) is 0 Å². The minimum atomic E-state index is 0.651. The van der Waals surface area contributed by atoms with Crippen molar-refractivity contribution < 1.29 is 0 Å². The Labute approximate surface area is 105 Å². The van der Waals surface area contributed by atoms with E-state index in [1.807, 2.05) is 0 Å². The third-order valence-corrected chi connectivity index (χ3v) is 3.89. The van der Waals surface area contributed by atoms with Crippen molar-refractivity contribution >= 4 is 5.69 Å². The van der Waals surface area contributed by atoms with E-state index in [0.717, 1.165) is 6.04 Å². The lowest BCUT2D eigenvalue weighted by Gasteiger charge is -2.36. The van der Waals surface area contributed by atoms with Gasteiger partial charge in [0.2, 0.25) is 0 Å². The Bertz CT molecular complexity index is 315. The van der Waals surface area contributed by atoms with E-state index in [1.54, 1.807) is 0 Å². The molecule has 1 heterocycles. The average molecular weight is 232 g/mol. The fourth-order valence-electron chi connectivity index (χ4n) is 2.51. The summed E-state index contributed by atoms with van der Waals surface area (Å²) in [6.45, 7) is 7.09. The van der Waals surface area contributed by atoms with Crippen LogP contribution in [0.15, 0.2) is 30.3 Å². The van der Waals surface area contributed by atoms with Gasteiger partial charge in [0.1, 0.15) is 0 Å². The summed E-state index contributed by atoms with van der Waals surface area (Å²) in [7, 11) is 0. The summed E-state index contributed by atoms with van der Waals surface area (Å²) in [6, 6.07) is 12.0. The van der Waals surface area contributed by atoms with Crippen LogP contribution >= 0.6 is 0 Å². The van der Waals surface area contributed by atoms with Crippen molar-refractivity contribution in [3.05, 3.63) is 30.3 Å². The van der Waals surface area contributed by atoms with Crippen LogP contribution in [0.2, 0.25) is 0 Å². The highest BCUT2D eigenvalue weighted by molar-refractivity contribution is 5.43. The molecular weight excluding hydrogens is 208 g/mol. The maximum Gasteiger partial charge on any atom is 0.0342 e. The molecule has 1 aromatic rings. The topological polar surface area (TPSA) is 15.3 Å². The van der Waals surface area contributed by atoms with Crippen molar-refractivity contribution in [3.63, 3.8) is 0 Å². The SMILES string of the molecule is CCC(C)N1CCC(Nc2ccccc2)CC1. The Balaban J connectivity index is 1.80. The van der Waals surface area contributed by atoms with Gasteiger partial charge in [0.15, 0.2) is 0 Å². The molecule has 1 aliphatic rings. The number of rotatable bonds is 4. The number of benzene rings is 1. The first-order chi connectivity index (χ1) is 8.29. The summed E-state index contributed by atoms with van der Waals surface area (Å²) in [4.78, 5) is 2.61. The highest BCUT2D eigenvalue weighted by Crippen LogP contribution is 2.18. The van der Waals surface area contributed by atoms with Gasteiger partial charge in [-0.25, -0.2) is 0 Å². The number of nitrogens with zero attached hydrogens (tertiary/aromatic N) is 1. The number of nitrogens with one attached hydrogen (secondary N) is 1. The van der Waals surface area contributed by atoms with Crippen molar-refractivity contribution in [2.24, 2.45) is 0 Å². The summed E-state index contributed by atoms with van der Waals surface area (Å²) in [5.74, 6) is 0. The summed E-state index contributed by atoms with van der Waals surface area (Å²) < 4.78 is 0. The standard InChI is InChI=1S/C15H24N2/c1-3-13(2)17-11-9-15(10-12-17)16-14-7-5-4-6-8-14/h4-8,13,15-16H,3,9-12H2,1-2H3. The van der Waals surface area contributed by atoms with Gasteiger partial charge in [-0.1, -0.05) is 25.1 Å². The number of likely N-dealkylation sites (tertiary alicyclic amines) is 1. The van der Waals surface area contributed by atoms with E-state index in [1.165, 1.54) is 38.0 Å². The molecule has 0 saturated carbocycles. The zero-order valence-corrected chi connectivity index (χ0v) is 11.0. The molecule has 0 aliphatic carbocycles. The highest BCUT2D eigenvalue weighted by Gasteiger charge is 2.21. The van der Waals surface area contributed by atoms with Gasteiger partial charge in [0.05, 0.1) is 0 Å². The molecule has 2 heteroatoms. The first-order valence-corrected chi connectivity index (χ1v) is 6.85. The number of hydrogen-bond acceptors (Lipinski definition) is 2. The molecule has 1 fully saturated rings. The monoisotopic (exact) mass is 232 g/mol. The lowest BCUT2D eigenvalue weighted by Crippen LogP contribution is -2.43. The fourth-order valence-corrected chi connectivity index (χ4v) is 2.51. The highest BCUT2D eigenvalue weighted by atomic mass is 15.2. The molecule has 0 aromatic heterocycles. The Hall–Kier alpha value is -1.02. The minimum Gasteiger partial charge on any atom is -0.382 e. The van der Waals surface area contributed by atoms with Gasteiger partial charge in [-0.3, -0.25) is 0 Å². The summed E-state index contributed by atoms with van der Waals surface area (Å²) in [5.41, 5.74) is 1.26. The predicted molar refractivity (Wildman–Crippen MR) is 74.4 cm³/mol. The first-order valence-electron chi connectivity index (χ1n) is 6.85. The van der Waals surface area contributed by atoms with Crippen LogP contribution in [0.25, 0.3) is 0 Å². The fraction of sp³-hybridized carbons (Fsp3) is 0.600. The van der Waals surface area contributed by atoms with Crippen LogP contribution in [-0.4, -0.2) is 30.1 Å². The molecule has 1 saturated heterocycles. The van der Waals surface area contributed by atoms with E-state index >= 15 is 0 Å². The van der Waals surface area contributed by atoms with Crippen molar-refractivity contribution in [2.75, 3.05) is 18.4 Å². The maximum absolute atomic E-state index is 3.63. The molecule has 1 unspecified atom stereocenters. The van der Waals surface area contributed by atoms with Gasteiger partial charge >= 0.3 is 0 Å². The van der Waals surface area contributed by atoms with Gasteiger partial charge in [-0.05, 0) is 38.3 Å². The molecule has 1 atom stereocenters. The van der Waals surface area contributed by atoms with Crippen LogP contribution in [0, 0.1) is 0 Å². The molecule has 0 bridgehead atoms. The zero-order valence-electron chi connectivity index (χ0n) is 11.0. The smallest absolute Gasteiger partial charge is 0.0342 e. The number of anilines is 1. The third kappa shape index (κ3) is 3.47.